The Morgan fingerprint density at radius 2 is 2.10 bits per heavy atom. The Kier molecular flexibility index (Phi) is 6.49. The van der Waals surface area contributed by atoms with E-state index in [0.29, 0.717) is 41.3 Å². The molecule has 0 aliphatic heterocycles. The summed E-state index contributed by atoms with van der Waals surface area (Å²) in [6, 6.07) is 9.19. The first-order valence-corrected chi connectivity index (χ1v) is 9.95. The van der Waals surface area contributed by atoms with Gasteiger partial charge in [0.05, 0.1) is 30.8 Å². The molecule has 0 bridgehead atoms. The summed E-state index contributed by atoms with van der Waals surface area (Å²) in [6.45, 7) is 8.01. The predicted molar refractivity (Wildman–Crippen MR) is 119 cm³/mol. The molecule has 0 N–H and O–H groups in total. The largest absolute Gasteiger partial charge is 0.493 e. The van der Waals surface area contributed by atoms with Crippen LogP contribution in [0.5, 0.6) is 11.5 Å². The van der Waals surface area contributed by atoms with Gasteiger partial charge in [-0.15, -0.1) is 6.58 Å². The number of benzene rings is 2. The summed E-state index contributed by atoms with van der Waals surface area (Å²) in [6.07, 6.45) is 4.04. The molecule has 0 fully saturated rings. The normalized spacial score (nSPS) is 11.2. The molecule has 150 valence electrons. The Bertz CT molecular complexity index is 1150. The molecule has 1 aromatic heterocycles. The van der Waals surface area contributed by atoms with Gasteiger partial charge in [-0.05, 0) is 56.2 Å². The molecular formula is C22H22BrN3O3. The van der Waals surface area contributed by atoms with Gasteiger partial charge >= 0.3 is 0 Å². The summed E-state index contributed by atoms with van der Waals surface area (Å²) >= 11 is 3.40. The molecule has 1 heterocycles. The predicted octanol–water partition coefficient (Wildman–Crippen LogP) is 4.49. The van der Waals surface area contributed by atoms with Crippen molar-refractivity contribution in [3.05, 3.63) is 74.8 Å². The molecule has 29 heavy (non-hydrogen) atoms. The van der Waals surface area contributed by atoms with Crippen LogP contribution in [0, 0.1) is 6.92 Å². The second kappa shape index (κ2) is 9.05. The van der Waals surface area contributed by atoms with Crippen LogP contribution in [0.15, 0.2) is 57.4 Å². The summed E-state index contributed by atoms with van der Waals surface area (Å²) in [5.74, 6) is 1.81. The van der Waals surface area contributed by atoms with E-state index in [9.17, 15) is 4.79 Å². The van der Waals surface area contributed by atoms with Gasteiger partial charge in [-0.2, -0.15) is 9.78 Å². The Hall–Kier alpha value is -2.93. The molecule has 3 aromatic rings. The molecule has 7 heteroatoms. The van der Waals surface area contributed by atoms with E-state index >= 15 is 0 Å². The topological polar surface area (TPSA) is 65.7 Å². The first-order valence-electron chi connectivity index (χ1n) is 9.16. The Labute approximate surface area is 177 Å². The fourth-order valence-corrected chi connectivity index (χ4v) is 3.41. The molecular weight excluding hydrogens is 434 g/mol. The molecule has 0 spiro atoms. The van der Waals surface area contributed by atoms with Crippen LogP contribution in [0.3, 0.4) is 0 Å². The highest BCUT2D eigenvalue weighted by atomic mass is 79.9. The maximum atomic E-state index is 12.9. The third kappa shape index (κ3) is 4.40. The minimum absolute atomic E-state index is 0.228. The van der Waals surface area contributed by atoms with Crippen LogP contribution in [0.25, 0.3) is 10.9 Å². The number of allylic oxidation sites excluding steroid dienone is 1. The van der Waals surface area contributed by atoms with Gasteiger partial charge in [0.25, 0.3) is 5.56 Å². The Morgan fingerprint density at radius 3 is 2.79 bits per heavy atom. The van der Waals surface area contributed by atoms with Gasteiger partial charge < -0.3 is 9.47 Å². The summed E-state index contributed by atoms with van der Waals surface area (Å²) in [4.78, 5) is 17.4. The quantitative estimate of drug-likeness (QED) is 0.388. The average Bonchev–Trinajstić information content (AvgIpc) is 2.70. The van der Waals surface area contributed by atoms with Crippen molar-refractivity contribution in [3.8, 4) is 11.5 Å². The van der Waals surface area contributed by atoms with Gasteiger partial charge in [0.2, 0.25) is 0 Å². The highest BCUT2D eigenvalue weighted by Crippen LogP contribution is 2.33. The molecule has 0 unspecified atom stereocenters. The van der Waals surface area contributed by atoms with Crippen molar-refractivity contribution in [1.82, 2.24) is 9.66 Å². The molecule has 6 nitrogen and oxygen atoms in total. The van der Waals surface area contributed by atoms with E-state index in [2.05, 4.69) is 32.6 Å². The van der Waals surface area contributed by atoms with Crippen molar-refractivity contribution in [2.75, 3.05) is 13.7 Å². The second-order valence-corrected chi connectivity index (χ2v) is 7.23. The molecule has 0 saturated carbocycles. The van der Waals surface area contributed by atoms with E-state index in [1.54, 1.807) is 38.5 Å². The molecule has 0 aliphatic rings. The number of ether oxygens (including phenoxy) is 2. The van der Waals surface area contributed by atoms with Gasteiger partial charge in [0.15, 0.2) is 11.5 Å². The van der Waals surface area contributed by atoms with Crippen LogP contribution < -0.4 is 15.0 Å². The van der Waals surface area contributed by atoms with Crippen LogP contribution in [-0.2, 0) is 6.42 Å². The van der Waals surface area contributed by atoms with E-state index in [1.807, 2.05) is 25.1 Å². The fraction of sp³-hybridized carbons (Fsp3) is 0.227. The third-order valence-electron chi connectivity index (χ3n) is 4.32. The number of methoxy groups -OCH3 is 1. The summed E-state index contributed by atoms with van der Waals surface area (Å²) in [5.41, 5.74) is 2.13. The Balaban J connectivity index is 2.09. The van der Waals surface area contributed by atoms with Crippen molar-refractivity contribution in [1.29, 1.82) is 0 Å². The lowest BCUT2D eigenvalue weighted by molar-refractivity contribution is 0.308. The van der Waals surface area contributed by atoms with Crippen LogP contribution in [0.1, 0.15) is 23.9 Å². The molecule has 0 saturated heterocycles. The number of hydrogen-bond acceptors (Lipinski definition) is 5. The molecule has 0 amide bonds. The number of nitrogens with zero attached hydrogens (tertiary/aromatic N) is 3. The SMILES string of the molecule is C=CCc1cc(C=Nn2c(C)nc3ccc(Br)cc3c2=O)cc(OC)c1OCC. The number of rotatable bonds is 7. The fourth-order valence-electron chi connectivity index (χ4n) is 3.05. The monoisotopic (exact) mass is 455 g/mol. The number of fused-ring (bicyclic) bond motifs is 1. The van der Waals surface area contributed by atoms with Crippen LogP contribution >= 0.6 is 15.9 Å². The van der Waals surface area contributed by atoms with E-state index in [0.717, 1.165) is 15.6 Å². The highest BCUT2D eigenvalue weighted by Gasteiger charge is 2.12. The van der Waals surface area contributed by atoms with Crippen LogP contribution in [-0.4, -0.2) is 29.6 Å². The zero-order chi connectivity index (χ0) is 21.0. The van der Waals surface area contributed by atoms with E-state index in [1.165, 1.54) is 4.68 Å². The third-order valence-corrected chi connectivity index (χ3v) is 4.81. The number of halogens is 1. The van der Waals surface area contributed by atoms with Crippen LogP contribution in [0.4, 0.5) is 0 Å². The van der Waals surface area contributed by atoms with Crippen molar-refractivity contribution in [2.24, 2.45) is 5.10 Å². The number of hydrogen-bond donors (Lipinski definition) is 0. The van der Waals surface area contributed by atoms with Crippen LogP contribution in [0.2, 0.25) is 0 Å². The smallest absolute Gasteiger partial charge is 0.282 e. The lowest BCUT2D eigenvalue weighted by atomic mass is 10.1. The average molecular weight is 456 g/mol. The van der Waals surface area contributed by atoms with Crippen molar-refractivity contribution < 1.29 is 9.47 Å². The van der Waals surface area contributed by atoms with E-state index < -0.39 is 0 Å². The zero-order valence-corrected chi connectivity index (χ0v) is 18.2. The summed E-state index contributed by atoms with van der Waals surface area (Å²) in [7, 11) is 1.59. The van der Waals surface area contributed by atoms with E-state index in [-0.39, 0.29) is 5.56 Å². The maximum Gasteiger partial charge on any atom is 0.282 e. The molecule has 3 rings (SSSR count). The maximum absolute atomic E-state index is 12.9. The van der Waals surface area contributed by atoms with Crippen molar-refractivity contribution in [2.45, 2.75) is 20.3 Å². The van der Waals surface area contributed by atoms with Gasteiger partial charge in [0, 0.05) is 10.0 Å². The van der Waals surface area contributed by atoms with Gasteiger partial charge in [-0.3, -0.25) is 4.79 Å². The standard InChI is InChI=1S/C22H22BrN3O3/c1-5-7-16-10-15(11-20(28-4)21(16)29-6-2)13-24-26-14(3)25-19-9-8-17(23)12-18(19)22(26)27/h5,8-13H,1,6-7H2,2-4H3. The molecule has 0 aliphatic carbocycles. The van der Waals surface area contributed by atoms with Gasteiger partial charge in [-0.1, -0.05) is 22.0 Å². The first kappa shape index (κ1) is 20.8. The molecule has 2 aromatic carbocycles. The minimum atomic E-state index is -0.228. The molecule has 0 atom stereocenters. The summed E-state index contributed by atoms with van der Waals surface area (Å²) in [5, 5.41) is 4.89. The minimum Gasteiger partial charge on any atom is -0.493 e. The van der Waals surface area contributed by atoms with Gasteiger partial charge in [-0.25, -0.2) is 4.98 Å². The lowest BCUT2D eigenvalue weighted by Crippen LogP contribution is -2.20. The highest BCUT2D eigenvalue weighted by molar-refractivity contribution is 9.10. The lowest BCUT2D eigenvalue weighted by Gasteiger charge is -2.14. The first-order chi connectivity index (χ1) is 14.0. The van der Waals surface area contributed by atoms with Gasteiger partial charge in [0.1, 0.15) is 5.82 Å². The summed E-state index contributed by atoms with van der Waals surface area (Å²) < 4.78 is 13.3. The van der Waals surface area contributed by atoms with Crippen molar-refractivity contribution in [3.63, 3.8) is 0 Å². The zero-order valence-electron chi connectivity index (χ0n) is 16.6. The number of aromatic nitrogens is 2. The Morgan fingerprint density at radius 1 is 1.31 bits per heavy atom. The number of aryl methyl sites for hydroxylation is 1. The second-order valence-electron chi connectivity index (χ2n) is 6.32. The molecule has 0 radical (unpaired) electrons. The van der Waals surface area contributed by atoms with E-state index in [4.69, 9.17) is 9.47 Å². The van der Waals surface area contributed by atoms with Crippen molar-refractivity contribution >= 4 is 33.0 Å².